The lowest BCUT2D eigenvalue weighted by Crippen LogP contribution is -2.39. The van der Waals surface area contributed by atoms with E-state index in [-0.39, 0.29) is 6.04 Å². The van der Waals surface area contributed by atoms with Gasteiger partial charge in [0.15, 0.2) is 0 Å². The Morgan fingerprint density at radius 3 is 2.81 bits per heavy atom. The zero-order valence-electron chi connectivity index (χ0n) is 8.96. The van der Waals surface area contributed by atoms with Crippen LogP contribution in [0.3, 0.4) is 0 Å². The summed E-state index contributed by atoms with van der Waals surface area (Å²) in [5.74, 6) is 0.381. The van der Waals surface area contributed by atoms with Crippen molar-refractivity contribution in [3.05, 3.63) is 33.8 Å². The van der Waals surface area contributed by atoms with Crippen molar-refractivity contribution in [2.45, 2.75) is 18.9 Å². The largest absolute Gasteiger partial charge is 0.381 e. The second-order valence-electron chi connectivity index (χ2n) is 4.24. The Hall–Kier alpha value is -0.280. The Balaban J connectivity index is 2.05. The summed E-state index contributed by atoms with van der Waals surface area (Å²) >= 11 is 11.8. The van der Waals surface area contributed by atoms with Gasteiger partial charge in [-0.05, 0) is 30.5 Å². The quantitative estimate of drug-likeness (QED) is 0.887. The van der Waals surface area contributed by atoms with Crippen LogP contribution in [0.4, 0.5) is 0 Å². The van der Waals surface area contributed by atoms with E-state index in [4.69, 9.17) is 33.7 Å². The number of hydrogen-bond acceptors (Lipinski definition) is 2. The minimum absolute atomic E-state index is 0.225. The lowest BCUT2D eigenvalue weighted by molar-refractivity contribution is 0.0422. The van der Waals surface area contributed by atoms with Crippen LogP contribution >= 0.6 is 23.2 Å². The minimum atomic E-state index is 0.225. The van der Waals surface area contributed by atoms with Crippen LogP contribution in [-0.2, 0) is 11.2 Å². The van der Waals surface area contributed by atoms with E-state index in [2.05, 4.69) is 0 Å². The highest BCUT2D eigenvalue weighted by Gasteiger charge is 2.22. The van der Waals surface area contributed by atoms with Crippen LogP contribution in [-0.4, -0.2) is 19.3 Å². The van der Waals surface area contributed by atoms with E-state index in [1.807, 2.05) is 18.2 Å². The molecule has 1 heterocycles. The van der Waals surface area contributed by atoms with E-state index in [9.17, 15) is 0 Å². The molecule has 1 saturated heterocycles. The minimum Gasteiger partial charge on any atom is -0.381 e. The van der Waals surface area contributed by atoms with E-state index in [0.29, 0.717) is 16.0 Å². The van der Waals surface area contributed by atoms with Crippen molar-refractivity contribution >= 4 is 23.2 Å². The van der Waals surface area contributed by atoms with Crippen molar-refractivity contribution in [1.29, 1.82) is 0 Å². The third kappa shape index (κ3) is 2.89. The molecule has 2 nitrogen and oxygen atoms in total. The normalized spacial score (nSPS) is 25.7. The summed E-state index contributed by atoms with van der Waals surface area (Å²) in [7, 11) is 0. The third-order valence-electron chi connectivity index (χ3n) is 3.01. The molecule has 0 aromatic heterocycles. The Labute approximate surface area is 106 Å². The molecule has 0 bridgehead atoms. The lowest BCUT2D eigenvalue weighted by atomic mass is 9.90. The summed E-state index contributed by atoms with van der Waals surface area (Å²) < 4.78 is 5.44. The van der Waals surface area contributed by atoms with Gasteiger partial charge in [0.05, 0.1) is 16.7 Å². The van der Waals surface area contributed by atoms with Gasteiger partial charge in [-0.1, -0.05) is 29.3 Å². The molecule has 1 aliphatic heterocycles. The summed E-state index contributed by atoms with van der Waals surface area (Å²) in [6, 6.07) is 5.96. The molecule has 0 aliphatic carbocycles. The van der Waals surface area contributed by atoms with E-state index in [1.165, 1.54) is 5.56 Å². The first-order chi connectivity index (χ1) is 7.66. The molecule has 88 valence electrons. The van der Waals surface area contributed by atoms with Gasteiger partial charge in [-0.2, -0.15) is 0 Å². The molecule has 2 atom stereocenters. The molecular weight excluding hydrogens is 245 g/mol. The van der Waals surface area contributed by atoms with Crippen LogP contribution in [0.2, 0.25) is 10.0 Å². The molecule has 2 N–H and O–H groups in total. The molecule has 16 heavy (non-hydrogen) atoms. The highest BCUT2D eigenvalue weighted by molar-refractivity contribution is 6.42. The molecule has 1 aliphatic rings. The summed E-state index contributed by atoms with van der Waals surface area (Å²) in [6.07, 6.45) is 1.84. The van der Waals surface area contributed by atoms with Gasteiger partial charge in [0.1, 0.15) is 0 Å². The molecule has 1 aromatic rings. The Morgan fingerprint density at radius 1 is 1.31 bits per heavy atom. The lowest BCUT2D eigenvalue weighted by Gasteiger charge is -2.28. The molecule has 4 heteroatoms. The van der Waals surface area contributed by atoms with Crippen LogP contribution in [0.1, 0.15) is 12.0 Å². The predicted molar refractivity (Wildman–Crippen MR) is 67.1 cm³/mol. The zero-order valence-corrected chi connectivity index (χ0v) is 10.5. The molecule has 0 unspecified atom stereocenters. The topological polar surface area (TPSA) is 35.2 Å². The summed E-state index contributed by atoms with van der Waals surface area (Å²) in [4.78, 5) is 0. The number of hydrogen-bond donors (Lipinski definition) is 1. The van der Waals surface area contributed by atoms with Crippen molar-refractivity contribution in [2.75, 3.05) is 13.2 Å². The maximum Gasteiger partial charge on any atom is 0.0595 e. The van der Waals surface area contributed by atoms with Gasteiger partial charge in [-0.3, -0.25) is 0 Å². The van der Waals surface area contributed by atoms with Crippen LogP contribution in [0, 0.1) is 5.92 Å². The van der Waals surface area contributed by atoms with Gasteiger partial charge >= 0.3 is 0 Å². The number of nitrogens with two attached hydrogens (primary N) is 1. The van der Waals surface area contributed by atoms with Gasteiger partial charge in [0.2, 0.25) is 0 Å². The van der Waals surface area contributed by atoms with Gasteiger partial charge in [0.25, 0.3) is 0 Å². The molecule has 1 aromatic carbocycles. The summed E-state index contributed by atoms with van der Waals surface area (Å²) in [6.45, 7) is 1.51. The Morgan fingerprint density at radius 2 is 2.12 bits per heavy atom. The summed E-state index contributed by atoms with van der Waals surface area (Å²) in [5.41, 5.74) is 7.22. The Kier molecular flexibility index (Phi) is 4.09. The van der Waals surface area contributed by atoms with Gasteiger partial charge < -0.3 is 10.5 Å². The van der Waals surface area contributed by atoms with E-state index >= 15 is 0 Å². The van der Waals surface area contributed by atoms with Crippen LogP contribution in [0.5, 0.6) is 0 Å². The fourth-order valence-electron chi connectivity index (χ4n) is 1.99. The summed E-state index contributed by atoms with van der Waals surface area (Å²) in [5, 5.41) is 1.19. The molecular formula is C12H15Cl2NO. The molecule has 2 rings (SSSR count). The highest BCUT2D eigenvalue weighted by atomic mass is 35.5. The molecule has 0 amide bonds. The maximum absolute atomic E-state index is 6.06. The zero-order chi connectivity index (χ0) is 11.5. The van der Waals surface area contributed by atoms with E-state index < -0.39 is 0 Å². The second-order valence-corrected chi connectivity index (χ2v) is 5.05. The second kappa shape index (κ2) is 5.37. The molecule has 0 spiro atoms. The number of benzene rings is 1. The fourth-order valence-corrected chi connectivity index (χ4v) is 2.31. The monoisotopic (exact) mass is 259 g/mol. The van der Waals surface area contributed by atoms with Gasteiger partial charge in [-0.15, -0.1) is 0 Å². The van der Waals surface area contributed by atoms with E-state index in [0.717, 1.165) is 26.1 Å². The van der Waals surface area contributed by atoms with Gasteiger partial charge in [-0.25, -0.2) is 0 Å². The average Bonchev–Trinajstić information content (AvgIpc) is 2.27. The van der Waals surface area contributed by atoms with Gasteiger partial charge in [0, 0.05) is 18.6 Å². The van der Waals surface area contributed by atoms with Crippen molar-refractivity contribution in [2.24, 2.45) is 11.7 Å². The van der Waals surface area contributed by atoms with Crippen LogP contribution in [0.15, 0.2) is 18.2 Å². The number of rotatable bonds is 2. The average molecular weight is 260 g/mol. The number of halogens is 2. The predicted octanol–water partition coefficient (Wildman–Crippen LogP) is 2.90. The third-order valence-corrected chi connectivity index (χ3v) is 3.75. The molecule has 0 radical (unpaired) electrons. The first-order valence-electron chi connectivity index (χ1n) is 5.44. The number of ether oxygens (including phenoxy) is 1. The molecule has 1 fully saturated rings. The first-order valence-corrected chi connectivity index (χ1v) is 6.19. The van der Waals surface area contributed by atoms with Crippen molar-refractivity contribution in [3.63, 3.8) is 0 Å². The van der Waals surface area contributed by atoms with Crippen LogP contribution in [0.25, 0.3) is 0 Å². The van der Waals surface area contributed by atoms with E-state index in [1.54, 1.807) is 0 Å². The van der Waals surface area contributed by atoms with Crippen molar-refractivity contribution < 1.29 is 4.74 Å². The highest BCUT2D eigenvalue weighted by Crippen LogP contribution is 2.25. The molecule has 0 saturated carbocycles. The maximum atomic E-state index is 6.06. The smallest absolute Gasteiger partial charge is 0.0595 e. The van der Waals surface area contributed by atoms with Crippen LogP contribution < -0.4 is 5.73 Å². The first kappa shape index (κ1) is 12.2. The van der Waals surface area contributed by atoms with Crippen molar-refractivity contribution in [3.8, 4) is 0 Å². The Bertz CT molecular complexity index is 370. The van der Waals surface area contributed by atoms with Crippen molar-refractivity contribution in [1.82, 2.24) is 0 Å². The standard InChI is InChI=1S/C12H15Cl2NO/c13-10-2-1-8(6-11(10)14)5-9-7-16-4-3-12(9)15/h1-2,6,9,12H,3-5,7,15H2/t9-,12+/m0/s1. The fraction of sp³-hybridized carbons (Fsp3) is 0.500. The SMILES string of the molecule is N[C@@H]1CCOC[C@@H]1Cc1ccc(Cl)c(Cl)c1.